The molecule has 0 bridgehead atoms. The number of anilines is 3. The van der Waals surface area contributed by atoms with Gasteiger partial charge in [0, 0.05) is 25.1 Å². The van der Waals surface area contributed by atoms with Crippen LogP contribution in [0, 0.1) is 35.0 Å². The van der Waals surface area contributed by atoms with Crippen molar-refractivity contribution < 1.29 is 4.79 Å². The Morgan fingerprint density at radius 3 is 2.63 bits per heavy atom. The monoisotopic (exact) mass is 402 g/mol. The van der Waals surface area contributed by atoms with E-state index in [1.807, 2.05) is 26.1 Å². The Balaban J connectivity index is 1.59. The first-order valence-corrected chi connectivity index (χ1v) is 10.1. The molecule has 1 saturated carbocycles. The molecule has 7 nitrogen and oxygen atoms in total. The highest BCUT2D eigenvalue weighted by Gasteiger charge is 2.30. The van der Waals surface area contributed by atoms with Gasteiger partial charge in [0.2, 0.25) is 5.95 Å². The summed E-state index contributed by atoms with van der Waals surface area (Å²) in [4.78, 5) is 20.8. The Bertz CT molecular complexity index is 993. The lowest BCUT2D eigenvalue weighted by molar-refractivity contribution is -0.122. The van der Waals surface area contributed by atoms with Gasteiger partial charge in [-0.1, -0.05) is 11.8 Å². The van der Waals surface area contributed by atoms with Crippen LogP contribution in [0.15, 0.2) is 30.5 Å². The minimum Gasteiger partial charge on any atom is -0.372 e. The Labute approximate surface area is 177 Å². The fraction of sp³-hybridized carbons (Fsp3) is 0.391. The van der Waals surface area contributed by atoms with E-state index in [0.717, 1.165) is 24.1 Å². The summed E-state index contributed by atoms with van der Waals surface area (Å²) in [6.07, 6.45) is 4.25. The number of benzene rings is 1. The molecule has 1 aromatic heterocycles. The predicted octanol–water partition coefficient (Wildman–Crippen LogP) is 3.08. The predicted molar refractivity (Wildman–Crippen MR) is 117 cm³/mol. The van der Waals surface area contributed by atoms with Gasteiger partial charge in [-0.3, -0.25) is 4.79 Å². The molecule has 3 N–H and O–H groups in total. The lowest BCUT2D eigenvalue weighted by atomic mass is 9.72. The number of rotatable bonds is 7. The molecule has 0 aliphatic heterocycles. The smallest absolute Gasteiger partial charge is 0.229 e. The summed E-state index contributed by atoms with van der Waals surface area (Å²) in [5, 5.41) is 18.1. The van der Waals surface area contributed by atoms with Crippen molar-refractivity contribution in [1.29, 1.82) is 5.26 Å². The van der Waals surface area contributed by atoms with Crippen LogP contribution in [0.2, 0.25) is 0 Å². The van der Waals surface area contributed by atoms with Crippen molar-refractivity contribution in [3.8, 4) is 17.9 Å². The van der Waals surface area contributed by atoms with Crippen LogP contribution < -0.4 is 16.0 Å². The van der Waals surface area contributed by atoms with E-state index < -0.39 is 0 Å². The first kappa shape index (κ1) is 21.3. The summed E-state index contributed by atoms with van der Waals surface area (Å²) in [5.41, 5.74) is 2.14. The molecular formula is C23H26N6O. The molecule has 1 fully saturated rings. The quantitative estimate of drug-likeness (QED) is 0.612. The van der Waals surface area contributed by atoms with Gasteiger partial charge in [0.05, 0.1) is 29.4 Å². The van der Waals surface area contributed by atoms with Crippen LogP contribution in [0.25, 0.3) is 0 Å². The van der Waals surface area contributed by atoms with E-state index in [9.17, 15) is 4.79 Å². The largest absolute Gasteiger partial charge is 0.372 e. The van der Waals surface area contributed by atoms with Crippen LogP contribution in [0.4, 0.5) is 17.5 Å². The lowest BCUT2D eigenvalue weighted by Gasteiger charge is -2.32. The van der Waals surface area contributed by atoms with Crippen molar-refractivity contribution >= 4 is 23.2 Å². The zero-order valence-electron chi connectivity index (χ0n) is 17.5. The number of hydrogen-bond acceptors (Lipinski definition) is 7. The van der Waals surface area contributed by atoms with Crippen molar-refractivity contribution in [2.24, 2.45) is 11.8 Å². The van der Waals surface area contributed by atoms with Gasteiger partial charge < -0.3 is 16.0 Å². The van der Waals surface area contributed by atoms with Crippen LogP contribution in [-0.4, -0.2) is 35.9 Å². The molecule has 1 aliphatic rings. The average molecular weight is 403 g/mol. The van der Waals surface area contributed by atoms with Crippen molar-refractivity contribution in [3.05, 3.63) is 41.6 Å². The number of carbonyl (C=O) groups is 1. The Morgan fingerprint density at radius 2 is 2.00 bits per heavy atom. The molecule has 1 aliphatic carbocycles. The molecule has 0 amide bonds. The van der Waals surface area contributed by atoms with Gasteiger partial charge in [0.15, 0.2) is 0 Å². The van der Waals surface area contributed by atoms with Crippen molar-refractivity contribution in [2.75, 3.05) is 24.7 Å². The van der Waals surface area contributed by atoms with Gasteiger partial charge in [-0.15, -0.1) is 0 Å². The zero-order chi connectivity index (χ0) is 21.5. The van der Waals surface area contributed by atoms with E-state index in [2.05, 4.69) is 43.8 Å². The van der Waals surface area contributed by atoms with Gasteiger partial charge in [0.25, 0.3) is 0 Å². The first-order chi connectivity index (χ1) is 14.5. The summed E-state index contributed by atoms with van der Waals surface area (Å²) in [7, 11) is 3.61. The third-order valence-corrected chi connectivity index (χ3v) is 5.35. The van der Waals surface area contributed by atoms with Gasteiger partial charge in [-0.2, -0.15) is 10.2 Å². The number of Topliss-reactive ketones (excluding diaryl/α,β-unsaturated/α-hetero) is 1. The standard InChI is InChI=1S/C23H26N6O/c1-15(25-2)21(30)12-18-10-17(11-18)4-7-19-14-27-23(29-22(19)26-3)28-20-8-5-16(13-24)6-9-20/h5-6,8-9,14-15,17-18,25H,10-12H2,1-3H3,(H2,26,27,28,29)/t15-,17?,18?/m0/s1. The molecule has 1 heterocycles. The summed E-state index contributed by atoms with van der Waals surface area (Å²) >= 11 is 0. The van der Waals surface area contributed by atoms with E-state index in [4.69, 9.17) is 5.26 Å². The number of likely N-dealkylation sites (N-methyl/N-ethyl adjacent to an activating group) is 1. The van der Waals surface area contributed by atoms with Crippen LogP contribution in [0.5, 0.6) is 0 Å². The molecule has 1 atom stereocenters. The Morgan fingerprint density at radius 1 is 1.27 bits per heavy atom. The molecular weight excluding hydrogens is 376 g/mol. The second-order valence-electron chi connectivity index (χ2n) is 7.50. The molecule has 30 heavy (non-hydrogen) atoms. The topological polar surface area (TPSA) is 103 Å². The first-order valence-electron chi connectivity index (χ1n) is 10.1. The van der Waals surface area contributed by atoms with E-state index in [1.54, 1.807) is 25.4 Å². The lowest BCUT2D eigenvalue weighted by Crippen LogP contribution is -2.34. The molecule has 1 aromatic carbocycles. The van der Waals surface area contributed by atoms with Crippen molar-refractivity contribution in [1.82, 2.24) is 15.3 Å². The summed E-state index contributed by atoms with van der Waals surface area (Å²) in [5.74, 6) is 8.60. The maximum atomic E-state index is 12.0. The highest BCUT2D eigenvalue weighted by Crippen LogP contribution is 2.36. The molecule has 0 spiro atoms. The fourth-order valence-corrected chi connectivity index (χ4v) is 3.30. The van der Waals surface area contributed by atoms with Gasteiger partial charge >= 0.3 is 0 Å². The number of carbonyl (C=O) groups excluding carboxylic acids is 1. The maximum absolute atomic E-state index is 12.0. The molecule has 7 heteroatoms. The van der Waals surface area contributed by atoms with E-state index in [-0.39, 0.29) is 11.8 Å². The van der Waals surface area contributed by atoms with E-state index >= 15 is 0 Å². The third kappa shape index (κ3) is 5.34. The molecule has 3 rings (SSSR count). The van der Waals surface area contributed by atoms with Gasteiger partial charge in [-0.05, 0) is 57.0 Å². The van der Waals surface area contributed by atoms with Crippen LogP contribution in [0.3, 0.4) is 0 Å². The Hall–Kier alpha value is -3.42. The highest BCUT2D eigenvalue weighted by atomic mass is 16.1. The van der Waals surface area contributed by atoms with Gasteiger partial charge in [0.1, 0.15) is 11.6 Å². The van der Waals surface area contributed by atoms with Crippen LogP contribution in [0.1, 0.15) is 37.3 Å². The number of ketones is 1. The van der Waals surface area contributed by atoms with Gasteiger partial charge in [-0.25, -0.2) is 4.98 Å². The Kier molecular flexibility index (Phi) is 7.00. The van der Waals surface area contributed by atoms with Crippen LogP contribution in [-0.2, 0) is 4.79 Å². The molecule has 0 unspecified atom stereocenters. The summed E-state index contributed by atoms with van der Waals surface area (Å²) in [6, 6.07) is 9.10. The minimum absolute atomic E-state index is 0.0816. The minimum atomic E-state index is -0.0816. The number of hydrogen-bond donors (Lipinski definition) is 3. The molecule has 0 radical (unpaired) electrons. The SMILES string of the molecule is CNc1nc(Nc2ccc(C#N)cc2)ncc1C#CC1CC(CC(=O)[C@H](C)NC)C1. The second-order valence-corrected chi connectivity index (χ2v) is 7.50. The number of nitriles is 1. The van der Waals surface area contributed by atoms with E-state index in [1.165, 1.54) is 0 Å². The van der Waals surface area contributed by atoms with Crippen LogP contribution >= 0.6 is 0 Å². The maximum Gasteiger partial charge on any atom is 0.229 e. The third-order valence-electron chi connectivity index (χ3n) is 5.35. The van der Waals surface area contributed by atoms with Crippen molar-refractivity contribution in [2.45, 2.75) is 32.2 Å². The molecule has 2 aromatic rings. The van der Waals surface area contributed by atoms with Crippen molar-refractivity contribution in [3.63, 3.8) is 0 Å². The van der Waals surface area contributed by atoms with E-state index in [0.29, 0.717) is 35.6 Å². The summed E-state index contributed by atoms with van der Waals surface area (Å²) < 4.78 is 0. The zero-order valence-corrected chi connectivity index (χ0v) is 17.5. The molecule has 154 valence electrons. The normalized spacial score (nSPS) is 18.2. The number of nitrogens with one attached hydrogen (secondary N) is 3. The average Bonchev–Trinajstić information content (AvgIpc) is 2.75. The highest BCUT2D eigenvalue weighted by molar-refractivity contribution is 5.83. The summed E-state index contributed by atoms with van der Waals surface area (Å²) in [6.45, 7) is 1.90. The second kappa shape index (κ2) is 9.87. The fourth-order valence-electron chi connectivity index (χ4n) is 3.30. The number of nitrogens with zero attached hydrogens (tertiary/aromatic N) is 3. The molecule has 0 saturated heterocycles. The number of aromatic nitrogens is 2.